The first-order valence-electron chi connectivity index (χ1n) is 11.9. The average Bonchev–Trinajstić information content (AvgIpc) is 3.47. The van der Waals surface area contributed by atoms with Gasteiger partial charge in [-0.25, -0.2) is 9.13 Å². The molecule has 0 saturated heterocycles. The molecule has 2 aliphatic heterocycles. The third kappa shape index (κ3) is 5.42. The number of aromatic nitrogens is 2. The first kappa shape index (κ1) is 22.2. The summed E-state index contributed by atoms with van der Waals surface area (Å²) >= 11 is 0. The summed E-state index contributed by atoms with van der Waals surface area (Å²) in [6, 6.07) is 9.60. The standard InChI is InChI=1S/C26H38N6/c1-23(2)29-13-7-9-25(19-29)31-17-15-27(21-31)11-5-6-12-28-16-18-32(22-28)26-10-8-14-30(20-26)24(3)4/h7-10,13-20,23-24H,5-6,11-12,21-22H2,1-4H3/q+2. The van der Waals surface area contributed by atoms with Gasteiger partial charge in [0.2, 0.25) is 0 Å². The largest absolute Gasteiger partial charge is 0.358 e. The molecule has 4 rings (SSSR count). The zero-order chi connectivity index (χ0) is 22.5. The molecule has 6 heteroatoms. The quantitative estimate of drug-likeness (QED) is 0.439. The molecule has 0 amide bonds. The SMILES string of the molecule is CC(C)[n+]1cccc(N2C=CN(CCCCN3C=CN(c4ccc[n+](C(C)C)c4)C3)C2)c1. The number of rotatable bonds is 9. The number of unbranched alkanes of at least 4 members (excludes halogenated alkanes) is 1. The second kappa shape index (κ2) is 10.1. The van der Waals surface area contributed by atoms with Gasteiger partial charge < -0.3 is 19.6 Å². The maximum absolute atomic E-state index is 2.41. The van der Waals surface area contributed by atoms with Gasteiger partial charge in [-0.1, -0.05) is 0 Å². The molecule has 0 radical (unpaired) electrons. The summed E-state index contributed by atoms with van der Waals surface area (Å²) in [5.41, 5.74) is 2.50. The lowest BCUT2D eigenvalue weighted by Crippen LogP contribution is -2.36. The van der Waals surface area contributed by atoms with E-state index >= 15 is 0 Å². The third-order valence-corrected chi connectivity index (χ3v) is 6.19. The summed E-state index contributed by atoms with van der Waals surface area (Å²) in [7, 11) is 0. The average molecular weight is 435 g/mol. The van der Waals surface area contributed by atoms with Crippen LogP contribution in [0.4, 0.5) is 11.4 Å². The minimum Gasteiger partial charge on any atom is -0.358 e. The zero-order valence-electron chi connectivity index (χ0n) is 20.0. The van der Waals surface area contributed by atoms with Crippen molar-refractivity contribution in [1.82, 2.24) is 9.80 Å². The smallest absolute Gasteiger partial charge is 0.192 e. The van der Waals surface area contributed by atoms with Gasteiger partial charge in [-0.3, -0.25) is 0 Å². The molecule has 0 spiro atoms. The fourth-order valence-corrected chi connectivity index (χ4v) is 4.13. The van der Waals surface area contributed by atoms with E-state index in [0.29, 0.717) is 12.1 Å². The van der Waals surface area contributed by atoms with E-state index < -0.39 is 0 Å². The fourth-order valence-electron chi connectivity index (χ4n) is 4.13. The van der Waals surface area contributed by atoms with Crippen molar-refractivity contribution in [2.45, 2.75) is 52.6 Å². The van der Waals surface area contributed by atoms with Crippen molar-refractivity contribution in [1.29, 1.82) is 0 Å². The number of nitrogens with zero attached hydrogens (tertiary/aromatic N) is 6. The fraction of sp³-hybridized carbons (Fsp3) is 0.462. The molecule has 0 unspecified atom stereocenters. The van der Waals surface area contributed by atoms with Crippen LogP contribution in [-0.4, -0.2) is 36.2 Å². The van der Waals surface area contributed by atoms with Crippen LogP contribution in [0.15, 0.2) is 73.9 Å². The lowest BCUT2D eigenvalue weighted by atomic mass is 10.3. The van der Waals surface area contributed by atoms with E-state index in [0.717, 1.165) is 26.4 Å². The Balaban J connectivity index is 1.18. The molecule has 0 bridgehead atoms. The molecule has 2 aliphatic rings. The molecule has 6 nitrogen and oxygen atoms in total. The highest BCUT2D eigenvalue weighted by molar-refractivity contribution is 5.47. The minimum absolute atomic E-state index is 0.478. The Morgan fingerprint density at radius 1 is 0.688 bits per heavy atom. The molecule has 0 aromatic carbocycles. The predicted molar refractivity (Wildman–Crippen MR) is 130 cm³/mol. The van der Waals surface area contributed by atoms with Gasteiger partial charge in [0.25, 0.3) is 0 Å². The molecule has 0 atom stereocenters. The molecule has 0 N–H and O–H groups in total. The lowest BCUT2D eigenvalue weighted by molar-refractivity contribution is -0.715. The number of hydrogen-bond donors (Lipinski definition) is 0. The summed E-state index contributed by atoms with van der Waals surface area (Å²) < 4.78 is 4.52. The Kier molecular flexibility index (Phi) is 6.98. The van der Waals surface area contributed by atoms with Crippen molar-refractivity contribution in [2.75, 3.05) is 36.2 Å². The van der Waals surface area contributed by atoms with Gasteiger partial charge in [-0.05, 0) is 52.7 Å². The van der Waals surface area contributed by atoms with E-state index in [-0.39, 0.29) is 0 Å². The first-order valence-corrected chi connectivity index (χ1v) is 11.9. The van der Waals surface area contributed by atoms with Crippen LogP contribution >= 0.6 is 0 Å². The Morgan fingerprint density at radius 2 is 1.12 bits per heavy atom. The molecule has 2 aromatic heterocycles. The normalized spacial score (nSPS) is 15.8. The van der Waals surface area contributed by atoms with Crippen molar-refractivity contribution in [3.8, 4) is 0 Å². The summed E-state index contributed by atoms with van der Waals surface area (Å²) in [6.45, 7) is 12.9. The van der Waals surface area contributed by atoms with Gasteiger partial charge in [0.1, 0.15) is 11.4 Å². The predicted octanol–water partition coefficient (Wildman–Crippen LogP) is 4.01. The number of hydrogen-bond acceptors (Lipinski definition) is 4. The monoisotopic (exact) mass is 434 g/mol. The minimum atomic E-state index is 0.478. The second-order valence-corrected chi connectivity index (χ2v) is 9.36. The maximum Gasteiger partial charge on any atom is 0.192 e. The molecule has 4 heterocycles. The van der Waals surface area contributed by atoms with Crippen molar-refractivity contribution in [3.63, 3.8) is 0 Å². The van der Waals surface area contributed by atoms with E-state index in [2.05, 4.69) is 130 Å². The Labute approximate surface area is 193 Å². The molecule has 170 valence electrons. The molecule has 0 fully saturated rings. The highest BCUT2D eigenvalue weighted by Crippen LogP contribution is 2.20. The highest BCUT2D eigenvalue weighted by Gasteiger charge is 2.19. The van der Waals surface area contributed by atoms with Crippen molar-refractivity contribution in [2.24, 2.45) is 0 Å². The third-order valence-electron chi connectivity index (χ3n) is 6.19. The van der Waals surface area contributed by atoms with Gasteiger partial charge >= 0.3 is 0 Å². The molecule has 0 saturated carbocycles. The molecule has 2 aromatic rings. The molecular formula is C26H38N6+2. The summed E-state index contributed by atoms with van der Waals surface area (Å²) in [5, 5.41) is 0. The van der Waals surface area contributed by atoms with Gasteiger partial charge in [0.05, 0.1) is 13.3 Å². The summed E-state index contributed by atoms with van der Waals surface area (Å²) in [5.74, 6) is 0. The van der Waals surface area contributed by atoms with E-state index in [4.69, 9.17) is 0 Å². The van der Waals surface area contributed by atoms with E-state index in [1.165, 1.54) is 24.2 Å². The Hall–Kier alpha value is -3.02. The first-order chi connectivity index (χ1) is 15.5. The van der Waals surface area contributed by atoms with Crippen LogP contribution in [0.25, 0.3) is 0 Å². The van der Waals surface area contributed by atoms with Crippen molar-refractivity contribution in [3.05, 3.63) is 73.9 Å². The van der Waals surface area contributed by atoms with Crippen LogP contribution in [-0.2, 0) is 0 Å². The Bertz CT molecular complexity index is 873. The van der Waals surface area contributed by atoms with Gasteiger partial charge in [0, 0.05) is 50.0 Å². The van der Waals surface area contributed by atoms with Crippen molar-refractivity contribution >= 4 is 11.4 Å². The van der Waals surface area contributed by atoms with Crippen LogP contribution in [0.5, 0.6) is 0 Å². The van der Waals surface area contributed by atoms with Gasteiger partial charge in [0.15, 0.2) is 36.9 Å². The molecular weight excluding hydrogens is 396 g/mol. The van der Waals surface area contributed by atoms with E-state index in [9.17, 15) is 0 Å². The second-order valence-electron chi connectivity index (χ2n) is 9.36. The van der Waals surface area contributed by atoms with Crippen LogP contribution in [0.3, 0.4) is 0 Å². The maximum atomic E-state index is 2.41. The van der Waals surface area contributed by atoms with Gasteiger partial charge in [-0.15, -0.1) is 0 Å². The number of anilines is 2. The molecule has 32 heavy (non-hydrogen) atoms. The summed E-state index contributed by atoms with van der Waals surface area (Å²) in [6.07, 6.45) is 20.0. The summed E-state index contributed by atoms with van der Waals surface area (Å²) in [4.78, 5) is 9.47. The van der Waals surface area contributed by atoms with Gasteiger partial charge in [-0.2, -0.15) is 0 Å². The topological polar surface area (TPSA) is 20.7 Å². The van der Waals surface area contributed by atoms with Crippen LogP contribution in [0.2, 0.25) is 0 Å². The Morgan fingerprint density at radius 3 is 1.53 bits per heavy atom. The van der Waals surface area contributed by atoms with Crippen LogP contribution in [0, 0.1) is 0 Å². The molecule has 0 aliphatic carbocycles. The highest BCUT2D eigenvalue weighted by atomic mass is 15.4. The van der Waals surface area contributed by atoms with Crippen LogP contribution in [0.1, 0.15) is 52.6 Å². The zero-order valence-corrected chi connectivity index (χ0v) is 20.0. The lowest BCUT2D eigenvalue weighted by Gasteiger charge is -2.22. The van der Waals surface area contributed by atoms with Crippen molar-refractivity contribution < 1.29 is 9.13 Å². The van der Waals surface area contributed by atoms with E-state index in [1.807, 2.05) is 0 Å². The van der Waals surface area contributed by atoms with Crippen LogP contribution < -0.4 is 18.9 Å². The van der Waals surface area contributed by atoms with E-state index in [1.54, 1.807) is 0 Å². The number of pyridine rings is 2.